The van der Waals surface area contributed by atoms with Gasteiger partial charge in [0.15, 0.2) is 0 Å². The maximum absolute atomic E-state index is 6.14. The summed E-state index contributed by atoms with van der Waals surface area (Å²) in [6, 6.07) is 6.32. The number of benzene rings is 1. The first kappa shape index (κ1) is 12.0. The third-order valence-corrected chi connectivity index (χ3v) is 3.68. The van der Waals surface area contributed by atoms with E-state index in [2.05, 4.69) is 18.0 Å². The number of rotatable bonds is 3. The third-order valence-electron chi connectivity index (χ3n) is 3.06. The molecule has 0 radical (unpaired) electrons. The van der Waals surface area contributed by atoms with Crippen LogP contribution in [0.4, 0.5) is 5.69 Å². The molecule has 16 heavy (non-hydrogen) atoms. The average Bonchev–Trinajstić information content (AvgIpc) is 2.81. The van der Waals surface area contributed by atoms with Crippen LogP contribution in [-0.2, 0) is 10.6 Å². The van der Waals surface area contributed by atoms with Crippen molar-refractivity contribution in [2.45, 2.75) is 18.3 Å². The molecule has 1 fully saturated rings. The van der Waals surface area contributed by atoms with Gasteiger partial charge in [-0.3, -0.25) is 0 Å². The molecule has 2 rings (SSSR count). The van der Waals surface area contributed by atoms with Crippen LogP contribution in [0, 0.1) is 0 Å². The van der Waals surface area contributed by atoms with E-state index in [0.717, 1.165) is 35.9 Å². The minimum atomic E-state index is 0.431. The van der Waals surface area contributed by atoms with Crippen molar-refractivity contribution in [2.24, 2.45) is 0 Å². The summed E-state index contributed by atoms with van der Waals surface area (Å²) in [5, 5.41) is 0.735. The molecular weight excluding hydrogens is 245 g/mol. The van der Waals surface area contributed by atoms with E-state index in [1.54, 1.807) is 0 Å². The molecule has 1 aromatic rings. The van der Waals surface area contributed by atoms with Gasteiger partial charge in [0.05, 0.1) is 18.5 Å². The molecule has 0 spiro atoms. The Morgan fingerprint density at radius 2 is 2.31 bits per heavy atom. The van der Waals surface area contributed by atoms with Gasteiger partial charge in [0.25, 0.3) is 0 Å². The van der Waals surface area contributed by atoms with Gasteiger partial charge in [-0.05, 0) is 18.6 Å². The van der Waals surface area contributed by atoms with Crippen molar-refractivity contribution in [3.05, 3.63) is 28.8 Å². The normalized spacial score (nSPS) is 20.1. The monoisotopic (exact) mass is 259 g/mol. The van der Waals surface area contributed by atoms with E-state index in [-0.39, 0.29) is 0 Å². The van der Waals surface area contributed by atoms with Gasteiger partial charge in [-0.2, -0.15) is 0 Å². The lowest BCUT2D eigenvalue weighted by atomic mass is 10.1. The molecule has 2 nitrogen and oxygen atoms in total. The Labute approximate surface area is 106 Å². The second kappa shape index (κ2) is 5.26. The largest absolute Gasteiger partial charge is 0.379 e. The molecule has 4 heteroatoms. The van der Waals surface area contributed by atoms with E-state index < -0.39 is 0 Å². The molecule has 1 atom stereocenters. The highest BCUT2D eigenvalue weighted by atomic mass is 35.5. The molecule has 0 amide bonds. The van der Waals surface area contributed by atoms with E-state index >= 15 is 0 Å². The van der Waals surface area contributed by atoms with Gasteiger partial charge in [0.1, 0.15) is 0 Å². The molecule has 1 aliphatic heterocycles. The molecule has 1 heterocycles. The number of likely N-dealkylation sites (N-methyl/N-ethyl adjacent to an activating group) is 1. The molecule has 0 aliphatic carbocycles. The lowest BCUT2D eigenvalue weighted by Crippen LogP contribution is -2.32. The molecule has 1 unspecified atom stereocenters. The summed E-state index contributed by atoms with van der Waals surface area (Å²) in [4.78, 5) is 2.22. The first-order valence-corrected chi connectivity index (χ1v) is 6.29. The fraction of sp³-hybridized carbons (Fsp3) is 0.500. The Balaban J connectivity index is 2.27. The highest BCUT2D eigenvalue weighted by Crippen LogP contribution is 2.30. The van der Waals surface area contributed by atoms with Gasteiger partial charge in [-0.1, -0.05) is 17.7 Å². The number of ether oxygens (including phenoxy) is 1. The fourth-order valence-corrected chi connectivity index (χ4v) is 2.62. The lowest BCUT2D eigenvalue weighted by molar-refractivity contribution is 0.193. The number of nitrogens with zero attached hydrogens (tertiary/aromatic N) is 1. The number of anilines is 1. The van der Waals surface area contributed by atoms with Gasteiger partial charge in [-0.25, -0.2) is 0 Å². The van der Waals surface area contributed by atoms with Crippen LogP contribution in [-0.4, -0.2) is 26.3 Å². The Morgan fingerprint density at radius 1 is 1.50 bits per heavy atom. The summed E-state index contributed by atoms with van der Waals surface area (Å²) >= 11 is 12.1. The number of alkyl halides is 1. The van der Waals surface area contributed by atoms with Crippen molar-refractivity contribution >= 4 is 28.9 Å². The second-order valence-corrected chi connectivity index (χ2v) is 4.67. The number of hydrogen-bond acceptors (Lipinski definition) is 2. The maximum atomic E-state index is 6.14. The smallest absolute Gasteiger partial charge is 0.0670 e. The third kappa shape index (κ3) is 2.29. The Kier molecular flexibility index (Phi) is 3.95. The van der Waals surface area contributed by atoms with Crippen molar-refractivity contribution in [1.29, 1.82) is 0 Å². The summed E-state index contributed by atoms with van der Waals surface area (Å²) in [5.74, 6) is 0.437. The topological polar surface area (TPSA) is 12.5 Å². The Hall–Kier alpha value is -0.440. The lowest BCUT2D eigenvalue weighted by Gasteiger charge is -2.27. The molecule has 0 aromatic heterocycles. The van der Waals surface area contributed by atoms with Crippen molar-refractivity contribution < 1.29 is 4.74 Å². The van der Waals surface area contributed by atoms with Crippen LogP contribution in [0.25, 0.3) is 0 Å². The molecule has 0 saturated carbocycles. The van der Waals surface area contributed by atoms with Gasteiger partial charge < -0.3 is 9.64 Å². The molecule has 1 saturated heterocycles. The van der Waals surface area contributed by atoms with Crippen molar-refractivity contribution in [2.75, 3.05) is 25.2 Å². The van der Waals surface area contributed by atoms with Gasteiger partial charge in [0, 0.05) is 29.9 Å². The molecule has 1 aliphatic rings. The maximum Gasteiger partial charge on any atom is 0.0670 e. The standard InChI is InChI=1S/C12H15Cl2NO/c1-15(9-5-6-16-8-9)12-4-2-3-11(14)10(12)7-13/h2-4,9H,5-8H2,1H3. The summed E-state index contributed by atoms with van der Waals surface area (Å²) in [6.45, 7) is 1.62. The molecule has 88 valence electrons. The molecule has 0 bridgehead atoms. The molecule has 1 aromatic carbocycles. The summed E-state index contributed by atoms with van der Waals surface area (Å²) in [5.41, 5.74) is 2.11. The summed E-state index contributed by atoms with van der Waals surface area (Å²) in [7, 11) is 2.07. The fourth-order valence-electron chi connectivity index (χ4n) is 2.03. The van der Waals surface area contributed by atoms with Gasteiger partial charge in [0.2, 0.25) is 0 Å². The Bertz CT molecular complexity index is 364. The van der Waals surface area contributed by atoms with Crippen molar-refractivity contribution in [3.8, 4) is 0 Å². The van der Waals surface area contributed by atoms with Crippen LogP contribution >= 0.6 is 23.2 Å². The number of halogens is 2. The predicted octanol–water partition coefficient (Wildman–Crippen LogP) is 3.30. The minimum absolute atomic E-state index is 0.431. The van der Waals surface area contributed by atoms with Gasteiger partial charge in [-0.15, -0.1) is 11.6 Å². The van der Waals surface area contributed by atoms with E-state index in [1.165, 1.54) is 0 Å². The first-order valence-electron chi connectivity index (χ1n) is 5.38. The van der Waals surface area contributed by atoms with E-state index in [9.17, 15) is 0 Å². The van der Waals surface area contributed by atoms with Crippen LogP contribution in [0.15, 0.2) is 18.2 Å². The van der Waals surface area contributed by atoms with Crippen LogP contribution in [0.1, 0.15) is 12.0 Å². The van der Waals surface area contributed by atoms with Crippen LogP contribution in [0.2, 0.25) is 5.02 Å². The zero-order valence-corrected chi connectivity index (χ0v) is 10.8. The van der Waals surface area contributed by atoms with E-state index in [0.29, 0.717) is 11.9 Å². The highest BCUT2D eigenvalue weighted by Gasteiger charge is 2.22. The Morgan fingerprint density at radius 3 is 2.94 bits per heavy atom. The number of hydrogen-bond donors (Lipinski definition) is 0. The minimum Gasteiger partial charge on any atom is -0.379 e. The zero-order valence-electron chi connectivity index (χ0n) is 9.25. The highest BCUT2D eigenvalue weighted by molar-refractivity contribution is 6.32. The van der Waals surface area contributed by atoms with Crippen LogP contribution < -0.4 is 4.90 Å². The van der Waals surface area contributed by atoms with Crippen LogP contribution in [0.5, 0.6) is 0 Å². The van der Waals surface area contributed by atoms with Gasteiger partial charge >= 0.3 is 0 Å². The van der Waals surface area contributed by atoms with Crippen molar-refractivity contribution in [1.82, 2.24) is 0 Å². The molecular formula is C12H15Cl2NO. The summed E-state index contributed by atoms with van der Waals surface area (Å²) in [6.07, 6.45) is 1.06. The average molecular weight is 260 g/mol. The zero-order chi connectivity index (χ0) is 11.5. The first-order chi connectivity index (χ1) is 7.74. The summed E-state index contributed by atoms with van der Waals surface area (Å²) < 4.78 is 5.40. The second-order valence-electron chi connectivity index (χ2n) is 4.00. The molecule has 0 N–H and O–H groups in total. The van der Waals surface area contributed by atoms with E-state index in [1.807, 2.05) is 12.1 Å². The van der Waals surface area contributed by atoms with Crippen molar-refractivity contribution in [3.63, 3.8) is 0 Å². The van der Waals surface area contributed by atoms with Crippen LogP contribution in [0.3, 0.4) is 0 Å². The SMILES string of the molecule is CN(c1cccc(Cl)c1CCl)C1CCOC1. The van der Waals surface area contributed by atoms with E-state index in [4.69, 9.17) is 27.9 Å². The quantitative estimate of drug-likeness (QED) is 0.773. The predicted molar refractivity (Wildman–Crippen MR) is 68.6 cm³/mol.